The zero-order valence-electron chi connectivity index (χ0n) is 12.7. The summed E-state index contributed by atoms with van der Waals surface area (Å²) in [7, 11) is 1.70. The third-order valence-corrected chi connectivity index (χ3v) is 3.45. The molecule has 0 spiro atoms. The van der Waals surface area contributed by atoms with Crippen molar-refractivity contribution in [1.82, 2.24) is 24.6 Å². The quantitative estimate of drug-likeness (QED) is 0.799. The van der Waals surface area contributed by atoms with Crippen LogP contribution < -0.4 is 5.32 Å². The molecule has 1 N–H and O–H groups in total. The van der Waals surface area contributed by atoms with Gasteiger partial charge in [-0.1, -0.05) is 0 Å². The number of furan rings is 1. The van der Waals surface area contributed by atoms with E-state index >= 15 is 0 Å². The number of hydrogen-bond acceptors (Lipinski definition) is 5. The van der Waals surface area contributed by atoms with E-state index in [0.29, 0.717) is 11.6 Å². The lowest BCUT2D eigenvalue weighted by Crippen LogP contribution is -2.33. The second-order valence-corrected chi connectivity index (χ2v) is 4.95. The van der Waals surface area contributed by atoms with Crippen LogP contribution in [0.15, 0.2) is 53.7 Å². The van der Waals surface area contributed by atoms with E-state index in [1.807, 2.05) is 13.0 Å². The van der Waals surface area contributed by atoms with Gasteiger partial charge in [-0.15, -0.1) is 0 Å². The van der Waals surface area contributed by atoms with Gasteiger partial charge in [0, 0.05) is 19.4 Å². The molecule has 3 rings (SSSR count). The zero-order chi connectivity index (χ0) is 16.2. The SMILES string of the molecule is CC(c1ccco1)N(C)C(=O)Nc1cnn(-c2ncccn2)c1. The number of rotatable bonds is 4. The molecule has 2 amide bonds. The van der Waals surface area contributed by atoms with Crippen molar-refractivity contribution in [3.05, 3.63) is 55.0 Å². The van der Waals surface area contributed by atoms with Gasteiger partial charge < -0.3 is 14.6 Å². The van der Waals surface area contributed by atoms with Crippen LogP contribution in [0, 0.1) is 0 Å². The molecule has 1 atom stereocenters. The first-order valence-electron chi connectivity index (χ1n) is 7.04. The lowest BCUT2D eigenvalue weighted by atomic mass is 10.2. The highest BCUT2D eigenvalue weighted by atomic mass is 16.3. The minimum Gasteiger partial charge on any atom is -0.467 e. The Bertz CT molecular complexity index is 768. The van der Waals surface area contributed by atoms with Crippen molar-refractivity contribution >= 4 is 11.7 Å². The summed E-state index contributed by atoms with van der Waals surface area (Å²) in [6.07, 6.45) is 8.03. The molecule has 0 radical (unpaired) electrons. The Morgan fingerprint density at radius 2 is 2.13 bits per heavy atom. The first kappa shape index (κ1) is 14.8. The normalized spacial score (nSPS) is 11.9. The number of aromatic nitrogens is 4. The van der Waals surface area contributed by atoms with Gasteiger partial charge in [0.25, 0.3) is 0 Å². The van der Waals surface area contributed by atoms with Crippen molar-refractivity contribution in [2.75, 3.05) is 12.4 Å². The number of amides is 2. The maximum absolute atomic E-state index is 12.3. The third kappa shape index (κ3) is 3.20. The second kappa shape index (κ2) is 6.30. The molecule has 0 saturated carbocycles. The molecule has 0 aliphatic heterocycles. The van der Waals surface area contributed by atoms with Crippen LogP contribution in [0.2, 0.25) is 0 Å². The molecular formula is C15H16N6O2. The fourth-order valence-corrected chi connectivity index (χ4v) is 2.01. The van der Waals surface area contributed by atoms with Crippen LogP contribution in [-0.2, 0) is 0 Å². The summed E-state index contributed by atoms with van der Waals surface area (Å²) in [6, 6.07) is 4.90. The topological polar surface area (TPSA) is 89.1 Å². The number of hydrogen-bond donors (Lipinski definition) is 1. The average molecular weight is 312 g/mol. The smallest absolute Gasteiger partial charge is 0.322 e. The van der Waals surface area contributed by atoms with Crippen LogP contribution in [0.5, 0.6) is 0 Å². The molecule has 0 fully saturated rings. The van der Waals surface area contributed by atoms with Crippen molar-refractivity contribution in [3.8, 4) is 5.95 Å². The molecule has 0 aliphatic rings. The molecule has 118 valence electrons. The van der Waals surface area contributed by atoms with Crippen LogP contribution in [0.3, 0.4) is 0 Å². The fraction of sp³-hybridized carbons (Fsp3) is 0.200. The van der Waals surface area contributed by atoms with Gasteiger partial charge in [-0.25, -0.2) is 19.4 Å². The molecule has 8 heteroatoms. The van der Waals surface area contributed by atoms with Crippen molar-refractivity contribution in [2.45, 2.75) is 13.0 Å². The number of nitrogens with one attached hydrogen (secondary N) is 1. The summed E-state index contributed by atoms with van der Waals surface area (Å²) in [5, 5.41) is 6.91. The van der Waals surface area contributed by atoms with Gasteiger partial charge in [-0.2, -0.15) is 5.10 Å². The van der Waals surface area contributed by atoms with Gasteiger partial charge in [0.1, 0.15) is 5.76 Å². The molecule has 8 nitrogen and oxygen atoms in total. The van der Waals surface area contributed by atoms with Crippen LogP contribution in [0.4, 0.5) is 10.5 Å². The van der Waals surface area contributed by atoms with E-state index in [2.05, 4.69) is 20.4 Å². The molecule has 3 heterocycles. The molecular weight excluding hydrogens is 296 g/mol. The first-order chi connectivity index (χ1) is 11.1. The number of nitrogens with zero attached hydrogens (tertiary/aromatic N) is 5. The van der Waals surface area contributed by atoms with Gasteiger partial charge in [0.15, 0.2) is 0 Å². The molecule has 0 saturated heterocycles. The van der Waals surface area contributed by atoms with E-state index in [1.54, 1.807) is 55.1 Å². The van der Waals surface area contributed by atoms with E-state index in [1.165, 1.54) is 4.68 Å². The van der Waals surface area contributed by atoms with Gasteiger partial charge in [0.2, 0.25) is 5.95 Å². The molecule has 0 aromatic carbocycles. The van der Waals surface area contributed by atoms with Crippen LogP contribution in [0.1, 0.15) is 18.7 Å². The summed E-state index contributed by atoms with van der Waals surface area (Å²) in [5.74, 6) is 1.15. The Labute approximate surface area is 132 Å². The molecule has 23 heavy (non-hydrogen) atoms. The van der Waals surface area contributed by atoms with E-state index < -0.39 is 0 Å². The summed E-state index contributed by atoms with van der Waals surface area (Å²) in [6.45, 7) is 1.89. The highest BCUT2D eigenvalue weighted by molar-refractivity contribution is 5.89. The zero-order valence-corrected chi connectivity index (χ0v) is 12.7. The van der Waals surface area contributed by atoms with E-state index in [-0.39, 0.29) is 12.1 Å². The minimum atomic E-state index is -0.262. The lowest BCUT2D eigenvalue weighted by molar-refractivity contribution is 0.201. The Kier molecular flexibility index (Phi) is 4.05. The lowest BCUT2D eigenvalue weighted by Gasteiger charge is -2.23. The number of anilines is 1. The minimum absolute atomic E-state index is 0.183. The predicted molar refractivity (Wildman–Crippen MR) is 83.1 cm³/mol. The van der Waals surface area contributed by atoms with Crippen LogP contribution in [-0.4, -0.2) is 37.7 Å². The van der Waals surface area contributed by atoms with Crippen molar-refractivity contribution in [2.24, 2.45) is 0 Å². The van der Waals surface area contributed by atoms with E-state index in [9.17, 15) is 4.79 Å². The molecule has 0 aliphatic carbocycles. The van der Waals surface area contributed by atoms with Crippen molar-refractivity contribution in [1.29, 1.82) is 0 Å². The molecule has 3 aromatic rings. The van der Waals surface area contributed by atoms with Gasteiger partial charge in [-0.3, -0.25) is 0 Å². The van der Waals surface area contributed by atoms with Gasteiger partial charge >= 0.3 is 6.03 Å². The highest BCUT2D eigenvalue weighted by Gasteiger charge is 2.20. The van der Waals surface area contributed by atoms with Crippen LogP contribution in [0.25, 0.3) is 5.95 Å². The summed E-state index contributed by atoms with van der Waals surface area (Å²) < 4.78 is 6.82. The highest BCUT2D eigenvalue weighted by Crippen LogP contribution is 2.20. The Morgan fingerprint density at radius 3 is 2.83 bits per heavy atom. The molecule has 1 unspecified atom stereocenters. The second-order valence-electron chi connectivity index (χ2n) is 4.95. The third-order valence-electron chi connectivity index (χ3n) is 3.45. The van der Waals surface area contributed by atoms with Crippen molar-refractivity contribution in [3.63, 3.8) is 0 Å². The number of carbonyl (C=O) groups is 1. The maximum Gasteiger partial charge on any atom is 0.322 e. The maximum atomic E-state index is 12.3. The first-order valence-corrected chi connectivity index (χ1v) is 7.04. The summed E-state index contributed by atoms with van der Waals surface area (Å²) in [4.78, 5) is 22.0. The standard InChI is InChI=1S/C15H16N6O2/c1-11(13-5-3-8-23-13)20(2)15(22)19-12-9-18-21(10-12)14-16-6-4-7-17-14/h3-11H,1-2H3,(H,19,22). The Morgan fingerprint density at radius 1 is 1.35 bits per heavy atom. The van der Waals surface area contributed by atoms with Gasteiger partial charge in [-0.05, 0) is 25.1 Å². The van der Waals surface area contributed by atoms with Gasteiger partial charge in [0.05, 0.1) is 30.4 Å². The largest absolute Gasteiger partial charge is 0.467 e. The summed E-state index contributed by atoms with van der Waals surface area (Å²) in [5.41, 5.74) is 0.556. The summed E-state index contributed by atoms with van der Waals surface area (Å²) >= 11 is 0. The van der Waals surface area contributed by atoms with Crippen molar-refractivity contribution < 1.29 is 9.21 Å². The van der Waals surface area contributed by atoms with E-state index in [0.717, 1.165) is 5.76 Å². The fourth-order valence-electron chi connectivity index (χ4n) is 2.01. The Balaban J connectivity index is 1.67. The number of carbonyl (C=O) groups excluding carboxylic acids is 1. The van der Waals surface area contributed by atoms with Crippen LogP contribution >= 0.6 is 0 Å². The molecule has 3 aromatic heterocycles. The molecule has 0 bridgehead atoms. The van der Waals surface area contributed by atoms with E-state index in [4.69, 9.17) is 4.42 Å². The number of urea groups is 1. The predicted octanol–water partition coefficient (Wildman–Crippen LogP) is 2.48. The Hall–Kier alpha value is -3.16. The average Bonchev–Trinajstić information content (AvgIpc) is 3.26. The monoisotopic (exact) mass is 312 g/mol.